The summed E-state index contributed by atoms with van der Waals surface area (Å²) in [6, 6.07) is 6.52. The highest BCUT2D eigenvalue weighted by molar-refractivity contribution is 7.98. The zero-order valence-corrected chi connectivity index (χ0v) is 17.8. The van der Waals surface area contributed by atoms with Crippen LogP contribution in [0.2, 0.25) is 0 Å². The molecule has 0 aliphatic rings. The summed E-state index contributed by atoms with van der Waals surface area (Å²) in [5, 5.41) is 6.12. The van der Waals surface area contributed by atoms with Gasteiger partial charge in [0.2, 0.25) is 0 Å². The largest absolute Gasteiger partial charge is 0.452 e. The number of thioether (sulfide) groups is 1. The molecule has 0 fully saturated rings. The quantitative estimate of drug-likeness (QED) is 0.323. The van der Waals surface area contributed by atoms with E-state index in [1.165, 1.54) is 23.1 Å². The van der Waals surface area contributed by atoms with E-state index in [0.29, 0.717) is 21.4 Å². The van der Waals surface area contributed by atoms with Gasteiger partial charge in [0.1, 0.15) is 10.8 Å². The van der Waals surface area contributed by atoms with E-state index < -0.39 is 24.4 Å². The number of amides is 2. The number of carbonyl (C=O) groups excluding carboxylic acids is 3. The number of thiophene rings is 1. The molecule has 0 aliphatic carbocycles. The fraction of sp³-hybridized carbons (Fsp3) is 0.211. The van der Waals surface area contributed by atoms with Gasteiger partial charge >= 0.3 is 5.97 Å². The highest BCUT2D eigenvalue weighted by Crippen LogP contribution is 2.27. The smallest absolute Gasteiger partial charge is 0.341 e. The zero-order valence-electron chi connectivity index (χ0n) is 16.1. The number of nitrogens with one attached hydrogen (secondary N) is 2. The summed E-state index contributed by atoms with van der Waals surface area (Å²) in [6.07, 6.45) is 1.57. The molecule has 156 valence electrons. The Bertz CT molecular complexity index is 1030. The van der Waals surface area contributed by atoms with Crippen LogP contribution in [0, 0.1) is 13.8 Å². The molecule has 0 unspecified atom stereocenters. The molecular formula is C19H18N4O5S2. The molecule has 3 heterocycles. The predicted octanol–water partition coefficient (Wildman–Crippen LogP) is 2.66. The molecule has 0 radical (unpaired) electrons. The number of nitrogens with zero attached hydrogens (tertiary/aromatic N) is 2. The summed E-state index contributed by atoms with van der Waals surface area (Å²) in [4.78, 5) is 40.7. The third-order valence-electron chi connectivity index (χ3n) is 3.92. The highest BCUT2D eigenvalue weighted by atomic mass is 32.2. The second kappa shape index (κ2) is 10.0. The monoisotopic (exact) mass is 446 g/mol. The summed E-state index contributed by atoms with van der Waals surface area (Å²) in [6.45, 7) is 3.11. The van der Waals surface area contributed by atoms with Crippen LogP contribution >= 0.6 is 23.1 Å². The van der Waals surface area contributed by atoms with Crippen molar-refractivity contribution in [3.8, 4) is 0 Å². The van der Waals surface area contributed by atoms with Crippen molar-refractivity contribution in [1.29, 1.82) is 0 Å². The lowest BCUT2D eigenvalue weighted by atomic mass is 10.2. The van der Waals surface area contributed by atoms with Gasteiger partial charge in [-0.2, -0.15) is 0 Å². The second-order valence-electron chi connectivity index (χ2n) is 6.00. The van der Waals surface area contributed by atoms with Gasteiger partial charge in [-0.05, 0) is 37.4 Å². The first-order valence-corrected chi connectivity index (χ1v) is 10.6. The standard InChI is InChI=1S/C19H18N4O5S2/c1-11-14(12(2)28-23-11)10-30-18-13(5-3-7-20-18)19(26)27-9-16(24)21-22-17(25)15-6-4-8-29-15/h3-8H,9-10H2,1-2H3,(H,21,24)(H,22,25). The third-order valence-corrected chi connectivity index (χ3v) is 5.82. The Kier molecular flexibility index (Phi) is 7.20. The molecular weight excluding hydrogens is 428 g/mol. The molecule has 0 aromatic carbocycles. The maximum absolute atomic E-state index is 12.4. The summed E-state index contributed by atoms with van der Waals surface area (Å²) in [5.41, 5.74) is 6.41. The van der Waals surface area contributed by atoms with Crippen LogP contribution in [0.4, 0.5) is 0 Å². The lowest BCUT2D eigenvalue weighted by Gasteiger charge is -2.09. The van der Waals surface area contributed by atoms with Crippen molar-refractivity contribution in [1.82, 2.24) is 21.0 Å². The Morgan fingerprint density at radius 1 is 1.20 bits per heavy atom. The van der Waals surface area contributed by atoms with Crippen molar-refractivity contribution in [2.75, 3.05) is 6.61 Å². The van der Waals surface area contributed by atoms with E-state index >= 15 is 0 Å². The first-order valence-electron chi connectivity index (χ1n) is 8.75. The van der Waals surface area contributed by atoms with E-state index in [4.69, 9.17) is 9.26 Å². The topological polar surface area (TPSA) is 123 Å². The molecule has 3 aromatic heterocycles. The predicted molar refractivity (Wildman–Crippen MR) is 110 cm³/mol. The molecule has 30 heavy (non-hydrogen) atoms. The summed E-state index contributed by atoms with van der Waals surface area (Å²) in [5.74, 6) is -0.573. The van der Waals surface area contributed by atoms with Crippen molar-refractivity contribution < 1.29 is 23.6 Å². The van der Waals surface area contributed by atoms with Crippen LogP contribution in [0.1, 0.15) is 37.0 Å². The molecule has 9 nitrogen and oxygen atoms in total. The van der Waals surface area contributed by atoms with Crippen molar-refractivity contribution in [3.05, 3.63) is 63.3 Å². The Hall–Kier alpha value is -3.18. The Morgan fingerprint density at radius 2 is 2.03 bits per heavy atom. The van der Waals surface area contributed by atoms with Gasteiger partial charge in [-0.25, -0.2) is 9.78 Å². The van der Waals surface area contributed by atoms with Gasteiger partial charge < -0.3 is 9.26 Å². The Morgan fingerprint density at radius 3 is 2.73 bits per heavy atom. The average molecular weight is 447 g/mol. The number of hydrogen-bond acceptors (Lipinski definition) is 9. The van der Waals surface area contributed by atoms with Gasteiger partial charge in [0.15, 0.2) is 6.61 Å². The molecule has 0 spiro atoms. The third kappa shape index (κ3) is 5.45. The molecule has 0 saturated carbocycles. The van der Waals surface area contributed by atoms with Crippen LogP contribution in [0.15, 0.2) is 45.4 Å². The van der Waals surface area contributed by atoms with Crippen LogP contribution in [-0.4, -0.2) is 34.5 Å². The molecule has 3 rings (SSSR count). The first kappa shape index (κ1) is 21.5. The number of carbonyl (C=O) groups is 3. The SMILES string of the molecule is Cc1noc(C)c1CSc1ncccc1C(=O)OCC(=O)NNC(=O)c1cccs1. The number of esters is 1. The molecule has 11 heteroatoms. The maximum atomic E-state index is 12.4. The minimum absolute atomic E-state index is 0.240. The van der Waals surface area contributed by atoms with E-state index in [0.717, 1.165) is 11.3 Å². The molecule has 3 aromatic rings. The number of hydrazine groups is 1. The number of aryl methyl sites for hydroxylation is 2. The highest BCUT2D eigenvalue weighted by Gasteiger charge is 2.18. The van der Waals surface area contributed by atoms with Crippen molar-refractivity contribution in [3.63, 3.8) is 0 Å². The molecule has 2 N–H and O–H groups in total. The molecule has 0 saturated heterocycles. The number of pyridine rings is 1. The van der Waals surface area contributed by atoms with Gasteiger partial charge in [0.05, 0.1) is 16.1 Å². The fourth-order valence-corrected chi connectivity index (χ4v) is 4.10. The Labute approximate surface area is 180 Å². The van der Waals surface area contributed by atoms with Crippen LogP contribution in [-0.2, 0) is 15.3 Å². The summed E-state index contributed by atoms with van der Waals surface area (Å²) in [7, 11) is 0. The molecule has 0 aliphatic heterocycles. The van der Waals surface area contributed by atoms with Gasteiger partial charge in [0.25, 0.3) is 11.8 Å². The lowest BCUT2D eigenvalue weighted by molar-refractivity contribution is -0.125. The van der Waals surface area contributed by atoms with Gasteiger partial charge in [-0.15, -0.1) is 23.1 Å². The van der Waals surface area contributed by atoms with E-state index in [9.17, 15) is 14.4 Å². The number of aromatic nitrogens is 2. The summed E-state index contributed by atoms with van der Waals surface area (Å²) >= 11 is 2.58. The van der Waals surface area contributed by atoms with Crippen LogP contribution in [0.5, 0.6) is 0 Å². The minimum atomic E-state index is -0.691. The van der Waals surface area contributed by atoms with Crippen LogP contribution in [0.25, 0.3) is 0 Å². The van der Waals surface area contributed by atoms with E-state index in [1.54, 1.807) is 35.8 Å². The number of ether oxygens (including phenoxy) is 1. The van der Waals surface area contributed by atoms with Crippen LogP contribution < -0.4 is 10.9 Å². The zero-order chi connectivity index (χ0) is 21.5. The van der Waals surface area contributed by atoms with Crippen LogP contribution in [0.3, 0.4) is 0 Å². The van der Waals surface area contributed by atoms with Crippen molar-refractivity contribution >= 4 is 40.9 Å². The van der Waals surface area contributed by atoms with Crippen molar-refractivity contribution in [2.24, 2.45) is 0 Å². The summed E-state index contributed by atoms with van der Waals surface area (Å²) < 4.78 is 10.2. The molecule has 0 bridgehead atoms. The minimum Gasteiger partial charge on any atom is -0.452 e. The Balaban J connectivity index is 1.52. The van der Waals surface area contributed by atoms with Gasteiger partial charge in [-0.3, -0.25) is 20.4 Å². The van der Waals surface area contributed by atoms with E-state index in [-0.39, 0.29) is 5.56 Å². The van der Waals surface area contributed by atoms with Gasteiger partial charge in [0, 0.05) is 17.5 Å². The van der Waals surface area contributed by atoms with Gasteiger partial charge in [-0.1, -0.05) is 11.2 Å². The van der Waals surface area contributed by atoms with Crippen molar-refractivity contribution in [2.45, 2.75) is 24.6 Å². The average Bonchev–Trinajstić information content (AvgIpc) is 3.39. The fourth-order valence-electron chi connectivity index (χ4n) is 2.35. The molecule has 2 amide bonds. The number of hydrogen-bond donors (Lipinski definition) is 2. The normalized spacial score (nSPS) is 10.5. The van der Waals surface area contributed by atoms with E-state index in [2.05, 4.69) is 21.0 Å². The molecule has 0 atom stereocenters. The number of rotatable bonds is 7. The second-order valence-corrected chi connectivity index (χ2v) is 7.91. The maximum Gasteiger partial charge on any atom is 0.341 e. The lowest BCUT2D eigenvalue weighted by Crippen LogP contribution is -2.43. The first-order chi connectivity index (χ1) is 14.5. The van der Waals surface area contributed by atoms with E-state index in [1.807, 2.05) is 13.8 Å².